The minimum Gasteiger partial charge on any atom is -0.444 e. The van der Waals surface area contributed by atoms with Gasteiger partial charge in [-0.1, -0.05) is 0 Å². The number of likely N-dealkylation sites (tertiary alicyclic amines) is 1. The van der Waals surface area contributed by atoms with E-state index in [-0.39, 0.29) is 13.2 Å². The number of halogens is 1. The van der Waals surface area contributed by atoms with Gasteiger partial charge in [0, 0.05) is 6.54 Å². The van der Waals surface area contributed by atoms with E-state index in [0.717, 1.165) is 0 Å². The van der Waals surface area contributed by atoms with Gasteiger partial charge in [0.05, 0.1) is 13.2 Å². The standard InChI is InChI=1S/C13H22FNO3/c1-9(8-16)10-5-6-15(7-11(10)14)12(17)18-13(2,3)4/h11,16H,5-8H2,1-4H3. The van der Waals surface area contributed by atoms with Crippen molar-refractivity contribution in [3.05, 3.63) is 11.1 Å². The number of hydrogen-bond acceptors (Lipinski definition) is 3. The first-order valence-corrected chi connectivity index (χ1v) is 6.16. The maximum absolute atomic E-state index is 13.9. The predicted octanol–water partition coefficient (Wildman–Crippen LogP) is 2.27. The van der Waals surface area contributed by atoms with Crippen molar-refractivity contribution in [3.63, 3.8) is 0 Å². The van der Waals surface area contributed by atoms with Gasteiger partial charge in [0.2, 0.25) is 0 Å². The van der Waals surface area contributed by atoms with Crippen molar-refractivity contribution < 1.29 is 19.0 Å². The molecule has 1 fully saturated rings. The molecule has 1 rings (SSSR count). The van der Waals surface area contributed by atoms with Crippen LogP contribution < -0.4 is 0 Å². The highest BCUT2D eigenvalue weighted by atomic mass is 19.1. The molecule has 0 aromatic heterocycles. The molecule has 0 aromatic rings. The molecule has 1 unspecified atom stereocenters. The monoisotopic (exact) mass is 259 g/mol. The molecule has 5 heteroatoms. The summed E-state index contributed by atoms with van der Waals surface area (Å²) in [5.41, 5.74) is 0.698. The van der Waals surface area contributed by atoms with E-state index in [1.807, 2.05) is 0 Å². The van der Waals surface area contributed by atoms with E-state index in [1.165, 1.54) is 4.90 Å². The number of amides is 1. The van der Waals surface area contributed by atoms with Crippen LogP contribution >= 0.6 is 0 Å². The number of hydrogen-bond donors (Lipinski definition) is 1. The largest absolute Gasteiger partial charge is 0.444 e. The molecular formula is C13H22FNO3. The van der Waals surface area contributed by atoms with E-state index in [1.54, 1.807) is 27.7 Å². The molecule has 4 nitrogen and oxygen atoms in total. The third-order valence-corrected chi connectivity index (χ3v) is 2.85. The number of aliphatic hydroxyl groups is 1. The second-order valence-electron chi connectivity index (χ2n) is 5.61. The molecule has 104 valence electrons. The minimum absolute atomic E-state index is 0.00157. The Balaban J connectivity index is 2.64. The van der Waals surface area contributed by atoms with Crippen LogP contribution in [0.5, 0.6) is 0 Å². The first-order valence-electron chi connectivity index (χ1n) is 6.16. The third-order valence-electron chi connectivity index (χ3n) is 2.85. The number of aliphatic hydroxyl groups excluding tert-OH is 1. The number of carbonyl (C=O) groups is 1. The Bertz CT molecular complexity index is 347. The Morgan fingerprint density at radius 3 is 2.61 bits per heavy atom. The summed E-state index contributed by atoms with van der Waals surface area (Å²) in [7, 11) is 0. The molecule has 0 bridgehead atoms. The van der Waals surface area contributed by atoms with Crippen LogP contribution in [-0.2, 0) is 4.74 Å². The molecule has 1 aliphatic heterocycles. The fourth-order valence-corrected chi connectivity index (χ4v) is 1.88. The fraction of sp³-hybridized carbons (Fsp3) is 0.769. The van der Waals surface area contributed by atoms with Gasteiger partial charge < -0.3 is 14.7 Å². The van der Waals surface area contributed by atoms with Crippen molar-refractivity contribution in [1.82, 2.24) is 4.90 Å². The third kappa shape index (κ3) is 3.98. The van der Waals surface area contributed by atoms with Gasteiger partial charge in [-0.2, -0.15) is 0 Å². The predicted molar refractivity (Wildman–Crippen MR) is 67.1 cm³/mol. The van der Waals surface area contributed by atoms with E-state index in [9.17, 15) is 9.18 Å². The summed E-state index contributed by atoms with van der Waals surface area (Å²) in [5, 5.41) is 9.00. The van der Waals surface area contributed by atoms with Crippen LogP contribution in [0.25, 0.3) is 0 Å². The molecule has 0 aliphatic carbocycles. The zero-order chi connectivity index (χ0) is 13.9. The lowest BCUT2D eigenvalue weighted by molar-refractivity contribution is 0.0183. The summed E-state index contributed by atoms with van der Waals surface area (Å²) in [5.74, 6) is 0. The number of ether oxygens (including phenoxy) is 1. The van der Waals surface area contributed by atoms with Crippen LogP contribution in [0.4, 0.5) is 9.18 Å². The summed E-state index contributed by atoms with van der Waals surface area (Å²) in [6, 6.07) is 0. The summed E-state index contributed by atoms with van der Waals surface area (Å²) < 4.78 is 19.1. The van der Waals surface area contributed by atoms with Crippen molar-refractivity contribution in [3.8, 4) is 0 Å². The average molecular weight is 259 g/mol. The van der Waals surface area contributed by atoms with Crippen molar-refractivity contribution in [2.75, 3.05) is 19.7 Å². The van der Waals surface area contributed by atoms with E-state index >= 15 is 0 Å². The molecule has 1 atom stereocenters. The molecule has 1 heterocycles. The van der Waals surface area contributed by atoms with Crippen molar-refractivity contribution >= 4 is 6.09 Å². The second kappa shape index (κ2) is 5.69. The number of carbonyl (C=O) groups excluding carboxylic acids is 1. The molecule has 1 saturated heterocycles. The molecule has 0 radical (unpaired) electrons. The van der Waals surface area contributed by atoms with Crippen LogP contribution in [0.15, 0.2) is 11.1 Å². The van der Waals surface area contributed by atoms with Gasteiger partial charge in [-0.3, -0.25) is 0 Å². The van der Waals surface area contributed by atoms with Crippen LogP contribution in [-0.4, -0.2) is 47.6 Å². The van der Waals surface area contributed by atoms with E-state index in [2.05, 4.69) is 0 Å². The van der Waals surface area contributed by atoms with Gasteiger partial charge >= 0.3 is 6.09 Å². The molecule has 1 aliphatic rings. The van der Waals surface area contributed by atoms with Gasteiger partial charge in [0.25, 0.3) is 0 Å². The average Bonchev–Trinajstić information content (AvgIpc) is 2.25. The Morgan fingerprint density at radius 2 is 2.17 bits per heavy atom. The number of piperidine rings is 1. The fourth-order valence-electron chi connectivity index (χ4n) is 1.88. The normalized spacial score (nSPS) is 23.9. The number of rotatable bonds is 1. The van der Waals surface area contributed by atoms with Gasteiger partial charge in [-0.15, -0.1) is 0 Å². The highest BCUT2D eigenvalue weighted by Crippen LogP contribution is 2.24. The summed E-state index contributed by atoms with van der Waals surface area (Å²) in [6.07, 6.45) is -1.24. The molecular weight excluding hydrogens is 237 g/mol. The van der Waals surface area contributed by atoms with Crippen molar-refractivity contribution in [1.29, 1.82) is 0 Å². The highest BCUT2D eigenvalue weighted by Gasteiger charge is 2.30. The number of alkyl halides is 1. The Kier molecular flexibility index (Phi) is 4.73. The first kappa shape index (κ1) is 15.0. The highest BCUT2D eigenvalue weighted by molar-refractivity contribution is 5.68. The van der Waals surface area contributed by atoms with Crippen molar-refractivity contribution in [2.45, 2.75) is 45.9 Å². The second-order valence-corrected chi connectivity index (χ2v) is 5.61. The van der Waals surface area contributed by atoms with Crippen molar-refractivity contribution in [2.24, 2.45) is 0 Å². The van der Waals surface area contributed by atoms with Gasteiger partial charge in [-0.25, -0.2) is 9.18 Å². The van der Waals surface area contributed by atoms with Gasteiger partial charge in [-0.05, 0) is 45.3 Å². The SMILES string of the molecule is CC(CO)=C1CCN(C(=O)OC(C)(C)C)CC1F. The van der Waals surface area contributed by atoms with Gasteiger partial charge in [0.1, 0.15) is 11.8 Å². The van der Waals surface area contributed by atoms with Crippen LogP contribution in [0.1, 0.15) is 34.1 Å². The quantitative estimate of drug-likeness (QED) is 0.735. The molecule has 1 N–H and O–H groups in total. The Morgan fingerprint density at radius 1 is 1.56 bits per heavy atom. The van der Waals surface area contributed by atoms with Crippen LogP contribution in [0.3, 0.4) is 0 Å². The maximum atomic E-state index is 13.9. The minimum atomic E-state index is -1.21. The lowest BCUT2D eigenvalue weighted by Gasteiger charge is -2.33. The number of nitrogens with zero attached hydrogens (tertiary/aromatic N) is 1. The topological polar surface area (TPSA) is 49.8 Å². The molecule has 0 spiro atoms. The lowest BCUT2D eigenvalue weighted by atomic mass is 9.97. The molecule has 0 saturated carbocycles. The van der Waals surface area contributed by atoms with E-state index in [4.69, 9.17) is 9.84 Å². The molecule has 1 amide bonds. The maximum Gasteiger partial charge on any atom is 0.410 e. The first-order chi connectivity index (χ1) is 8.24. The smallest absolute Gasteiger partial charge is 0.410 e. The van der Waals surface area contributed by atoms with E-state index < -0.39 is 17.9 Å². The summed E-state index contributed by atoms with van der Waals surface area (Å²) >= 11 is 0. The summed E-state index contributed by atoms with van der Waals surface area (Å²) in [6.45, 7) is 7.35. The van der Waals surface area contributed by atoms with Crippen LogP contribution in [0, 0.1) is 0 Å². The zero-order valence-corrected chi connectivity index (χ0v) is 11.5. The lowest BCUT2D eigenvalue weighted by Crippen LogP contribution is -2.44. The van der Waals surface area contributed by atoms with Gasteiger partial charge in [0.15, 0.2) is 0 Å². The Labute approximate surface area is 107 Å². The molecule has 18 heavy (non-hydrogen) atoms. The van der Waals surface area contributed by atoms with Crippen LogP contribution in [0.2, 0.25) is 0 Å². The zero-order valence-electron chi connectivity index (χ0n) is 11.5. The Hall–Kier alpha value is -1.10. The van der Waals surface area contributed by atoms with E-state index in [0.29, 0.717) is 24.1 Å². The summed E-state index contributed by atoms with van der Waals surface area (Å²) in [4.78, 5) is 13.2. The molecule has 0 aromatic carbocycles.